The van der Waals surface area contributed by atoms with Crippen molar-refractivity contribution in [2.24, 2.45) is 0 Å². The number of methoxy groups -OCH3 is 6. The number of ether oxygens (including phenoxy) is 6. The van der Waals surface area contributed by atoms with Crippen molar-refractivity contribution >= 4 is 47.0 Å². The Bertz CT molecular complexity index is 582. The molecular formula is C24H40O6S4. The van der Waals surface area contributed by atoms with Crippen molar-refractivity contribution < 1.29 is 28.4 Å². The first-order chi connectivity index (χ1) is 16.6. The summed E-state index contributed by atoms with van der Waals surface area (Å²) in [6.07, 6.45) is 5.32. The first-order valence-electron chi connectivity index (χ1n) is 12.3. The van der Waals surface area contributed by atoms with Crippen LogP contribution in [0.15, 0.2) is 0 Å². The number of hydrogen-bond donors (Lipinski definition) is 0. The Hall–Kier alpha value is 1.16. The SMILES string of the molecule is COC1CC2SC3C(OC)C4SC5CC(OC)C(OC)CC5SC4C(OC)C3SC2CC1OC. The standard InChI is InChI=1S/C24H40O6S4/c1-25-11-7-15-16(8-12(11)26-2)32-22-20(30-6)24-23(19(29-5)21(22)31-15)33-17-9-13(27-3)14(28-4)10-18(17)34-24/h11-24H,7-10H2,1-6H3. The van der Waals surface area contributed by atoms with Gasteiger partial charge in [-0.05, 0) is 25.7 Å². The van der Waals surface area contributed by atoms with Crippen LogP contribution in [0.3, 0.4) is 0 Å². The molecule has 3 saturated carbocycles. The number of hydrogen-bond acceptors (Lipinski definition) is 10. The summed E-state index contributed by atoms with van der Waals surface area (Å²) >= 11 is 8.59. The molecule has 0 aromatic carbocycles. The molecule has 0 N–H and O–H groups in total. The van der Waals surface area contributed by atoms with E-state index in [0.29, 0.717) is 42.0 Å². The molecule has 3 aliphatic carbocycles. The Kier molecular flexibility index (Phi) is 9.05. The summed E-state index contributed by atoms with van der Waals surface area (Å²) in [6.45, 7) is 0. The van der Waals surface area contributed by atoms with Gasteiger partial charge < -0.3 is 28.4 Å². The molecular weight excluding hydrogens is 513 g/mol. The molecule has 0 radical (unpaired) electrons. The van der Waals surface area contributed by atoms with Crippen molar-refractivity contribution in [3.63, 3.8) is 0 Å². The fourth-order valence-electron chi connectivity index (χ4n) is 6.78. The third-order valence-corrected chi connectivity index (χ3v) is 16.2. The van der Waals surface area contributed by atoms with Crippen LogP contribution in [-0.4, -0.2) is 121 Å². The van der Waals surface area contributed by atoms with E-state index in [1.54, 1.807) is 0 Å². The van der Waals surface area contributed by atoms with E-state index in [4.69, 9.17) is 28.4 Å². The lowest BCUT2D eigenvalue weighted by Crippen LogP contribution is -2.66. The lowest BCUT2D eigenvalue weighted by molar-refractivity contribution is -0.0561. The van der Waals surface area contributed by atoms with Gasteiger partial charge in [0.25, 0.3) is 0 Å². The van der Waals surface area contributed by atoms with Gasteiger partial charge in [-0.25, -0.2) is 0 Å². The fraction of sp³-hybridized carbons (Fsp3) is 1.00. The summed E-state index contributed by atoms with van der Waals surface area (Å²) in [5.41, 5.74) is 0. The minimum Gasteiger partial charge on any atom is -0.379 e. The zero-order valence-electron chi connectivity index (χ0n) is 21.0. The van der Waals surface area contributed by atoms with Gasteiger partial charge in [-0.3, -0.25) is 0 Å². The van der Waals surface area contributed by atoms with Crippen molar-refractivity contribution in [3.8, 4) is 0 Å². The molecule has 0 amide bonds. The lowest BCUT2D eigenvalue weighted by Gasteiger charge is -2.58. The monoisotopic (exact) mass is 552 g/mol. The summed E-state index contributed by atoms with van der Waals surface area (Å²) in [6, 6.07) is 0. The molecule has 5 aliphatic rings. The maximum absolute atomic E-state index is 6.34. The highest BCUT2D eigenvalue weighted by atomic mass is 32.2. The average Bonchev–Trinajstić information content (AvgIpc) is 2.87. The zero-order valence-corrected chi connectivity index (χ0v) is 24.3. The van der Waals surface area contributed by atoms with Gasteiger partial charge in [0.2, 0.25) is 0 Å². The molecule has 12 unspecified atom stereocenters. The first-order valence-corrected chi connectivity index (χ1v) is 16.1. The number of thioether (sulfide) groups is 4. The van der Waals surface area contributed by atoms with Crippen LogP contribution >= 0.6 is 47.0 Å². The quantitative estimate of drug-likeness (QED) is 0.489. The fourth-order valence-corrected chi connectivity index (χ4v) is 15.5. The van der Waals surface area contributed by atoms with Crippen LogP contribution in [0.1, 0.15) is 25.7 Å². The molecule has 0 aromatic rings. The van der Waals surface area contributed by atoms with E-state index in [1.807, 2.05) is 42.7 Å². The van der Waals surface area contributed by atoms with Gasteiger partial charge in [-0.1, -0.05) is 0 Å². The van der Waals surface area contributed by atoms with Crippen LogP contribution in [0, 0.1) is 0 Å². The molecule has 0 aromatic heterocycles. The molecule has 12 atom stereocenters. The van der Waals surface area contributed by atoms with Crippen molar-refractivity contribution in [1.29, 1.82) is 0 Å². The Labute approximate surface area is 221 Å². The first kappa shape index (κ1) is 26.8. The Morgan fingerprint density at radius 2 is 0.618 bits per heavy atom. The Morgan fingerprint density at radius 3 is 0.794 bits per heavy atom. The smallest absolute Gasteiger partial charge is 0.0844 e. The molecule has 5 rings (SSSR count). The minimum absolute atomic E-state index is 0.175. The molecule has 2 aliphatic heterocycles. The molecule has 10 heteroatoms. The second-order valence-corrected chi connectivity index (χ2v) is 15.7. The summed E-state index contributed by atoms with van der Waals surface area (Å²) in [5.74, 6) is 0. The highest BCUT2D eigenvalue weighted by Crippen LogP contribution is 2.59. The zero-order chi connectivity index (χ0) is 24.0. The maximum atomic E-state index is 6.34. The van der Waals surface area contributed by atoms with Gasteiger partial charge in [0.1, 0.15) is 0 Å². The second-order valence-electron chi connectivity index (χ2n) is 10.00. The van der Waals surface area contributed by atoms with Gasteiger partial charge in [-0.2, -0.15) is 0 Å². The van der Waals surface area contributed by atoms with E-state index in [9.17, 15) is 0 Å². The van der Waals surface area contributed by atoms with Crippen LogP contribution < -0.4 is 0 Å². The number of rotatable bonds is 6. The highest BCUT2D eigenvalue weighted by molar-refractivity contribution is 8.09. The van der Waals surface area contributed by atoms with Gasteiger partial charge >= 0.3 is 0 Å². The third-order valence-electron chi connectivity index (χ3n) is 8.54. The second kappa shape index (κ2) is 11.5. The molecule has 2 saturated heterocycles. The maximum Gasteiger partial charge on any atom is 0.0844 e. The molecule has 34 heavy (non-hydrogen) atoms. The summed E-state index contributed by atoms with van der Waals surface area (Å²) in [4.78, 5) is 0. The van der Waals surface area contributed by atoms with E-state index in [0.717, 1.165) is 25.7 Å². The molecule has 0 spiro atoms. The van der Waals surface area contributed by atoms with Gasteiger partial charge in [0.15, 0.2) is 0 Å². The normalized spacial score (nSPS) is 52.8. The topological polar surface area (TPSA) is 55.4 Å². The Morgan fingerprint density at radius 1 is 0.382 bits per heavy atom. The van der Waals surface area contributed by atoms with E-state index in [2.05, 4.69) is 47.0 Å². The summed E-state index contributed by atoms with van der Waals surface area (Å²) in [5, 5.41) is 3.98. The third kappa shape index (κ3) is 4.73. The molecule has 5 fully saturated rings. The van der Waals surface area contributed by atoms with E-state index in [1.165, 1.54) is 0 Å². The highest BCUT2D eigenvalue weighted by Gasteiger charge is 2.60. The summed E-state index contributed by atoms with van der Waals surface area (Å²) in [7, 11) is 11.1. The molecule has 6 nitrogen and oxygen atoms in total. The van der Waals surface area contributed by atoms with Crippen LogP contribution in [0.2, 0.25) is 0 Å². The Balaban J connectivity index is 1.38. The largest absolute Gasteiger partial charge is 0.379 e. The van der Waals surface area contributed by atoms with Gasteiger partial charge in [0, 0.05) is 84.7 Å². The van der Waals surface area contributed by atoms with Gasteiger partial charge in [-0.15, -0.1) is 47.0 Å². The van der Waals surface area contributed by atoms with Gasteiger partial charge in [0.05, 0.1) is 36.6 Å². The van der Waals surface area contributed by atoms with Crippen LogP contribution in [-0.2, 0) is 28.4 Å². The van der Waals surface area contributed by atoms with Crippen molar-refractivity contribution in [3.05, 3.63) is 0 Å². The van der Waals surface area contributed by atoms with E-state index < -0.39 is 0 Å². The lowest BCUT2D eigenvalue weighted by atomic mass is 9.91. The van der Waals surface area contributed by atoms with Crippen molar-refractivity contribution in [2.45, 2.75) is 104 Å². The van der Waals surface area contributed by atoms with Crippen LogP contribution in [0.4, 0.5) is 0 Å². The van der Waals surface area contributed by atoms with Crippen LogP contribution in [0.5, 0.6) is 0 Å². The molecule has 0 bridgehead atoms. The van der Waals surface area contributed by atoms with E-state index in [-0.39, 0.29) is 36.6 Å². The van der Waals surface area contributed by atoms with Crippen LogP contribution in [0.25, 0.3) is 0 Å². The number of fused-ring (bicyclic) bond motifs is 4. The van der Waals surface area contributed by atoms with E-state index >= 15 is 0 Å². The summed E-state index contributed by atoms with van der Waals surface area (Å²) < 4.78 is 36.0. The molecule has 2 heterocycles. The van der Waals surface area contributed by atoms with Crippen molar-refractivity contribution in [2.75, 3.05) is 42.7 Å². The van der Waals surface area contributed by atoms with Crippen molar-refractivity contribution in [1.82, 2.24) is 0 Å². The predicted molar refractivity (Wildman–Crippen MR) is 144 cm³/mol. The minimum atomic E-state index is 0.175. The molecule has 196 valence electrons. The predicted octanol–water partition coefficient (Wildman–Crippen LogP) is 3.59. The average molecular weight is 553 g/mol.